The van der Waals surface area contributed by atoms with E-state index in [-0.39, 0.29) is 0 Å². The molecule has 1 heterocycles. The van der Waals surface area contributed by atoms with E-state index in [0.717, 1.165) is 11.3 Å². The van der Waals surface area contributed by atoms with Crippen molar-refractivity contribution in [2.45, 2.75) is 0 Å². The van der Waals surface area contributed by atoms with E-state index in [0.29, 0.717) is 4.54 Å². The third-order valence-corrected chi connectivity index (χ3v) is 1.80. The van der Waals surface area contributed by atoms with Crippen LogP contribution in [0.4, 0.5) is 0 Å². The highest BCUT2D eigenvalue weighted by atomic mass is 16.3. The highest BCUT2D eigenvalue weighted by molar-refractivity contribution is 5.57. The second-order valence-corrected chi connectivity index (χ2v) is 2.73. The fourth-order valence-corrected chi connectivity index (χ4v) is 1.19. The van der Waals surface area contributed by atoms with Crippen LogP contribution in [0.5, 0.6) is 0 Å². The van der Waals surface area contributed by atoms with Gasteiger partial charge in [-0.1, -0.05) is 30.3 Å². The van der Waals surface area contributed by atoms with E-state index < -0.39 is 0 Å². The molecule has 0 fully saturated rings. The first kappa shape index (κ1) is 7.73. The molecule has 0 bridgehead atoms. The quantitative estimate of drug-likeness (QED) is 0.653. The van der Waals surface area contributed by atoms with Gasteiger partial charge in [-0.15, -0.1) is 5.10 Å². The monoisotopic (exact) mass is 173 g/mol. The van der Waals surface area contributed by atoms with E-state index in [2.05, 4.69) is 5.10 Å². The molecule has 0 unspecified atom stereocenters. The van der Waals surface area contributed by atoms with Gasteiger partial charge in [0, 0.05) is 11.6 Å². The summed E-state index contributed by atoms with van der Waals surface area (Å²) in [5.74, 6) is 0. The third kappa shape index (κ3) is 1.64. The molecule has 0 amide bonds. The molecule has 0 atom stereocenters. The lowest BCUT2D eigenvalue weighted by Gasteiger charge is -1.94. The summed E-state index contributed by atoms with van der Waals surface area (Å²) in [6.07, 6.45) is 1.42. The predicted octanol–water partition coefficient (Wildman–Crippen LogP) is 1.60. The maximum absolute atomic E-state index is 10.9. The summed E-state index contributed by atoms with van der Waals surface area (Å²) in [5, 5.41) is 2.68. The molecule has 0 spiro atoms. The van der Waals surface area contributed by atoms with E-state index in [1.54, 1.807) is 6.07 Å². The lowest BCUT2D eigenvalue weighted by molar-refractivity contribution is -0.563. The fourth-order valence-electron chi connectivity index (χ4n) is 1.19. The van der Waals surface area contributed by atoms with E-state index >= 15 is 0 Å². The topological polar surface area (TPSA) is 38.8 Å². The second kappa shape index (κ2) is 3.23. The largest absolute Gasteiger partial charge is 0.257 e. The predicted molar refractivity (Wildman–Crippen MR) is 49.6 cm³/mol. The smallest absolute Gasteiger partial charge is 0.114 e. The number of rotatable bonds is 1. The number of hydrogen-bond acceptors (Lipinski definition) is 1. The van der Waals surface area contributed by atoms with Crippen molar-refractivity contribution in [1.82, 2.24) is 5.10 Å². The SMILES string of the molecule is O=[n+]1cccc(-c2ccccc2)[nH]1. The van der Waals surface area contributed by atoms with Gasteiger partial charge in [-0.2, -0.15) is 0 Å². The molecule has 1 aromatic carbocycles. The molecule has 13 heavy (non-hydrogen) atoms. The maximum atomic E-state index is 10.9. The van der Waals surface area contributed by atoms with Crippen LogP contribution in [0.15, 0.2) is 48.7 Å². The normalized spacial score (nSPS) is 9.85. The van der Waals surface area contributed by atoms with Crippen LogP contribution in [-0.4, -0.2) is 5.10 Å². The van der Waals surface area contributed by atoms with Crippen molar-refractivity contribution < 1.29 is 4.54 Å². The van der Waals surface area contributed by atoms with Crippen LogP contribution in [0.25, 0.3) is 11.3 Å². The van der Waals surface area contributed by atoms with Crippen LogP contribution >= 0.6 is 0 Å². The van der Waals surface area contributed by atoms with Crippen LogP contribution in [0, 0.1) is 4.91 Å². The molecule has 0 saturated heterocycles. The average Bonchev–Trinajstić information content (AvgIpc) is 2.19. The first-order valence-corrected chi connectivity index (χ1v) is 4.03. The molecule has 1 aromatic heterocycles. The summed E-state index contributed by atoms with van der Waals surface area (Å²) in [7, 11) is 0. The fraction of sp³-hybridized carbons (Fsp3) is 0. The summed E-state index contributed by atoms with van der Waals surface area (Å²) in [5.41, 5.74) is 1.82. The minimum atomic E-state index is 0.683. The molecule has 0 aliphatic heterocycles. The Morgan fingerprint density at radius 2 is 1.77 bits per heavy atom. The number of aromatic nitrogens is 2. The lowest BCUT2D eigenvalue weighted by Crippen LogP contribution is -2.18. The van der Waals surface area contributed by atoms with Crippen LogP contribution in [0.1, 0.15) is 0 Å². The minimum absolute atomic E-state index is 0.683. The molecule has 1 N–H and O–H groups in total. The van der Waals surface area contributed by atoms with Crippen molar-refractivity contribution in [2.75, 3.05) is 0 Å². The standard InChI is InChI=1S/C10H9N2O/c13-12-8-4-7-10(11-12)9-5-2-1-3-6-9/h1-8H,(H,11,13)/q+1. The number of benzene rings is 1. The lowest BCUT2D eigenvalue weighted by atomic mass is 10.1. The number of hydrogen-bond donors (Lipinski definition) is 1. The number of nitrogens with one attached hydrogen (secondary N) is 1. The first-order valence-electron chi connectivity index (χ1n) is 4.03. The second-order valence-electron chi connectivity index (χ2n) is 2.73. The number of aromatic amines is 1. The van der Waals surface area contributed by atoms with Gasteiger partial charge < -0.3 is 0 Å². The molecular weight excluding hydrogens is 164 g/mol. The van der Waals surface area contributed by atoms with Crippen molar-refractivity contribution in [1.29, 1.82) is 0 Å². The Morgan fingerprint density at radius 3 is 2.46 bits per heavy atom. The van der Waals surface area contributed by atoms with Gasteiger partial charge in [0.05, 0.1) is 4.91 Å². The van der Waals surface area contributed by atoms with Crippen molar-refractivity contribution in [3.8, 4) is 11.3 Å². The Kier molecular flexibility index (Phi) is 1.92. The molecule has 0 radical (unpaired) electrons. The average molecular weight is 173 g/mol. The minimum Gasteiger partial charge on any atom is -0.114 e. The molecule has 64 valence electrons. The first-order chi connectivity index (χ1) is 6.36. The Labute approximate surface area is 75.3 Å². The van der Waals surface area contributed by atoms with Crippen molar-refractivity contribution in [3.05, 3.63) is 53.6 Å². The maximum Gasteiger partial charge on any atom is 0.257 e. The van der Waals surface area contributed by atoms with E-state index in [1.807, 2.05) is 36.4 Å². The van der Waals surface area contributed by atoms with E-state index in [9.17, 15) is 4.91 Å². The zero-order valence-corrected chi connectivity index (χ0v) is 6.97. The van der Waals surface area contributed by atoms with Crippen LogP contribution in [-0.2, 0) is 0 Å². The highest BCUT2D eigenvalue weighted by Gasteiger charge is 1.99. The van der Waals surface area contributed by atoms with Crippen LogP contribution in [0.2, 0.25) is 0 Å². The summed E-state index contributed by atoms with van der Waals surface area (Å²) in [6, 6.07) is 13.3. The Hall–Kier alpha value is -1.90. The van der Waals surface area contributed by atoms with Gasteiger partial charge in [-0.25, -0.2) is 0 Å². The molecule has 0 saturated carbocycles. The van der Waals surface area contributed by atoms with Gasteiger partial charge in [0.25, 0.3) is 6.20 Å². The number of nitrogens with zero attached hydrogens (tertiary/aromatic N) is 1. The van der Waals surface area contributed by atoms with Gasteiger partial charge >= 0.3 is 0 Å². The molecule has 3 nitrogen and oxygen atoms in total. The Bertz CT molecular complexity index is 448. The van der Waals surface area contributed by atoms with Gasteiger partial charge in [-0.05, 0) is 6.07 Å². The Morgan fingerprint density at radius 1 is 1.00 bits per heavy atom. The molecular formula is C10H9N2O+. The van der Waals surface area contributed by atoms with Gasteiger partial charge in [0.1, 0.15) is 5.69 Å². The summed E-state index contributed by atoms with van der Waals surface area (Å²) >= 11 is 0. The van der Waals surface area contributed by atoms with Crippen molar-refractivity contribution in [2.24, 2.45) is 0 Å². The van der Waals surface area contributed by atoms with Crippen LogP contribution in [0.3, 0.4) is 0 Å². The highest BCUT2D eigenvalue weighted by Crippen LogP contribution is 2.12. The summed E-state index contributed by atoms with van der Waals surface area (Å²) in [6.45, 7) is 0. The zero-order valence-electron chi connectivity index (χ0n) is 6.97. The molecule has 2 rings (SSSR count). The van der Waals surface area contributed by atoms with E-state index in [1.165, 1.54) is 6.20 Å². The van der Waals surface area contributed by atoms with E-state index in [4.69, 9.17) is 0 Å². The third-order valence-electron chi connectivity index (χ3n) is 1.80. The van der Waals surface area contributed by atoms with Gasteiger partial charge in [0.15, 0.2) is 4.54 Å². The zero-order chi connectivity index (χ0) is 9.10. The Balaban J connectivity index is 2.54. The number of H-pyrrole nitrogens is 1. The molecule has 0 aliphatic rings. The summed E-state index contributed by atoms with van der Waals surface area (Å²) < 4.78 is 0.683. The van der Waals surface area contributed by atoms with Crippen molar-refractivity contribution in [3.63, 3.8) is 0 Å². The van der Waals surface area contributed by atoms with Gasteiger partial charge in [0.2, 0.25) is 0 Å². The molecule has 2 aromatic rings. The molecule has 3 heteroatoms. The summed E-state index contributed by atoms with van der Waals surface area (Å²) in [4.78, 5) is 10.9. The molecule has 0 aliphatic carbocycles. The van der Waals surface area contributed by atoms with Crippen LogP contribution < -0.4 is 4.54 Å². The van der Waals surface area contributed by atoms with Crippen molar-refractivity contribution >= 4 is 0 Å². The van der Waals surface area contributed by atoms with Gasteiger partial charge in [-0.3, -0.25) is 0 Å².